The number of sulfonamides is 1. The molecule has 0 radical (unpaired) electrons. The summed E-state index contributed by atoms with van der Waals surface area (Å²) in [4.78, 5) is 14.4. The first-order valence-electron chi connectivity index (χ1n) is 9.03. The van der Waals surface area contributed by atoms with Gasteiger partial charge in [0.25, 0.3) is 11.8 Å². The fourth-order valence-corrected chi connectivity index (χ4v) is 5.69. The fraction of sp³-hybridized carbons (Fsp3) is 0.389. The van der Waals surface area contributed by atoms with Crippen LogP contribution in [0.2, 0.25) is 0 Å². The molecule has 2 N–H and O–H groups in total. The molecule has 12 heteroatoms. The van der Waals surface area contributed by atoms with Crippen molar-refractivity contribution >= 4 is 21.9 Å². The number of benzene rings is 1. The largest absolute Gasteiger partial charge is 0.479 e. The lowest BCUT2D eigenvalue weighted by Gasteiger charge is -2.38. The number of rotatable bonds is 4. The Labute approximate surface area is 173 Å². The number of guanidine groups is 1. The van der Waals surface area contributed by atoms with E-state index >= 15 is 0 Å². The van der Waals surface area contributed by atoms with E-state index < -0.39 is 26.6 Å². The van der Waals surface area contributed by atoms with Crippen LogP contribution in [0.3, 0.4) is 0 Å². The van der Waals surface area contributed by atoms with Gasteiger partial charge >= 0.3 is 0 Å². The minimum atomic E-state index is -3.83. The monoisotopic (exact) mass is 436 g/mol. The number of hydrogen-bond donors (Lipinski definition) is 1. The van der Waals surface area contributed by atoms with Crippen molar-refractivity contribution in [3.8, 4) is 11.8 Å². The highest BCUT2D eigenvalue weighted by Gasteiger charge is 2.59. The van der Waals surface area contributed by atoms with Crippen LogP contribution in [0.4, 0.5) is 10.3 Å². The number of anilines is 1. The lowest BCUT2D eigenvalue weighted by molar-refractivity contribution is 0.327. The Hall–Kier alpha value is -3.15. The van der Waals surface area contributed by atoms with Crippen LogP contribution >= 0.6 is 0 Å². The summed E-state index contributed by atoms with van der Waals surface area (Å²) in [6.07, 6.45) is 0. The number of nitrogens with zero attached hydrogens (tertiary/aromatic N) is 5. The molecule has 3 heterocycles. The van der Waals surface area contributed by atoms with Crippen LogP contribution in [0.15, 0.2) is 35.3 Å². The number of aromatic nitrogens is 2. The third kappa shape index (κ3) is 2.82. The number of hydrogen-bond acceptors (Lipinski definition) is 9. The van der Waals surface area contributed by atoms with Gasteiger partial charge in [-0.2, -0.15) is 14.4 Å². The molecule has 0 aliphatic carbocycles. The summed E-state index contributed by atoms with van der Waals surface area (Å²) in [5.41, 5.74) is 5.51. The Kier molecular flexibility index (Phi) is 4.68. The van der Waals surface area contributed by atoms with Gasteiger partial charge in [0.05, 0.1) is 20.8 Å². The smallest absolute Gasteiger partial charge is 0.259 e. The van der Waals surface area contributed by atoms with E-state index in [0.717, 1.165) is 4.31 Å². The average molecular weight is 436 g/mol. The Morgan fingerprint density at radius 1 is 1.17 bits per heavy atom. The number of halogens is 1. The van der Waals surface area contributed by atoms with Crippen molar-refractivity contribution in [2.75, 3.05) is 39.3 Å². The fourth-order valence-electron chi connectivity index (χ4n) is 3.88. The maximum atomic E-state index is 14.3. The molecular weight excluding hydrogens is 415 g/mol. The molecule has 10 nitrogen and oxygen atoms in total. The summed E-state index contributed by atoms with van der Waals surface area (Å²) in [6.45, 7) is 0.143. The third-order valence-corrected chi connectivity index (χ3v) is 7.66. The summed E-state index contributed by atoms with van der Waals surface area (Å²) < 4.78 is 51.7. The van der Waals surface area contributed by atoms with E-state index in [1.165, 1.54) is 21.3 Å². The maximum Gasteiger partial charge on any atom is 0.259 e. The van der Waals surface area contributed by atoms with Crippen molar-refractivity contribution in [3.05, 3.63) is 41.7 Å². The summed E-state index contributed by atoms with van der Waals surface area (Å²) in [7, 11) is 0.0799. The van der Waals surface area contributed by atoms with Crippen molar-refractivity contribution < 1.29 is 22.3 Å². The second-order valence-corrected chi connectivity index (χ2v) is 9.14. The molecule has 2 atom stereocenters. The minimum absolute atomic E-state index is 0.0241. The number of aliphatic imine (C=N–C) groups is 1. The van der Waals surface area contributed by atoms with Crippen LogP contribution in [-0.4, -0.2) is 68.3 Å². The van der Waals surface area contributed by atoms with Crippen molar-refractivity contribution in [2.24, 2.45) is 10.7 Å². The number of ether oxygens (including phenoxy) is 2. The lowest BCUT2D eigenvalue weighted by Crippen LogP contribution is -2.56. The van der Waals surface area contributed by atoms with Crippen molar-refractivity contribution in [2.45, 2.75) is 10.8 Å². The maximum absolute atomic E-state index is 14.3. The number of fused-ring (bicyclic) bond motifs is 1. The first-order valence-corrected chi connectivity index (χ1v) is 10.5. The van der Waals surface area contributed by atoms with Crippen LogP contribution in [0, 0.1) is 5.82 Å². The standard InChI is InChI=1S/C18H21FN6O4S/c1-24-16(20)23-18(11-7-5-4-6-8-11)10-25(9-12(18)30(24,26)27)17-21-14(28-2)13(19)15(22-17)29-3/h4-8,12H,9-10H2,1-3H3,(H2,20,23). The Morgan fingerprint density at radius 3 is 2.33 bits per heavy atom. The van der Waals surface area contributed by atoms with Crippen LogP contribution in [-0.2, 0) is 15.6 Å². The molecule has 160 valence electrons. The molecule has 1 fully saturated rings. The average Bonchev–Trinajstić information content (AvgIpc) is 3.15. The lowest BCUT2D eigenvalue weighted by atomic mass is 9.89. The second-order valence-electron chi connectivity index (χ2n) is 7.00. The van der Waals surface area contributed by atoms with Gasteiger partial charge < -0.3 is 20.1 Å². The van der Waals surface area contributed by atoms with E-state index in [-0.39, 0.29) is 36.8 Å². The molecular formula is C18H21FN6O4S. The van der Waals surface area contributed by atoms with Crippen LogP contribution < -0.4 is 20.1 Å². The highest BCUT2D eigenvalue weighted by Crippen LogP contribution is 2.44. The minimum Gasteiger partial charge on any atom is -0.479 e. The molecule has 0 spiro atoms. The van der Waals surface area contributed by atoms with Crippen LogP contribution in [0.25, 0.3) is 0 Å². The zero-order valence-electron chi connectivity index (χ0n) is 16.6. The van der Waals surface area contributed by atoms with Gasteiger partial charge in [0, 0.05) is 13.6 Å². The Balaban J connectivity index is 1.88. The normalized spacial score (nSPS) is 24.9. The zero-order chi connectivity index (χ0) is 21.7. The van der Waals surface area contributed by atoms with Crippen molar-refractivity contribution in [1.29, 1.82) is 0 Å². The predicted molar refractivity (Wildman–Crippen MR) is 108 cm³/mol. The van der Waals surface area contributed by atoms with Gasteiger partial charge in [-0.05, 0) is 5.56 Å². The molecule has 2 unspecified atom stereocenters. The van der Waals surface area contributed by atoms with Gasteiger partial charge in [0.1, 0.15) is 10.8 Å². The molecule has 2 aliphatic rings. The van der Waals surface area contributed by atoms with E-state index in [9.17, 15) is 12.8 Å². The highest BCUT2D eigenvalue weighted by atomic mass is 32.2. The summed E-state index contributed by atoms with van der Waals surface area (Å²) in [5, 5.41) is -0.949. The quantitative estimate of drug-likeness (QED) is 0.726. The van der Waals surface area contributed by atoms with Crippen molar-refractivity contribution in [1.82, 2.24) is 14.3 Å². The van der Waals surface area contributed by atoms with Gasteiger partial charge in [-0.3, -0.25) is 0 Å². The molecule has 30 heavy (non-hydrogen) atoms. The van der Waals surface area contributed by atoms with Crippen LogP contribution in [0.1, 0.15) is 5.56 Å². The van der Waals surface area contributed by atoms with Crippen molar-refractivity contribution in [3.63, 3.8) is 0 Å². The van der Waals surface area contributed by atoms with E-state index in [0.29, 0.717) is 5.56 Å². The zero-order valence-corrected chi connectivity index (χ0v) is 17.4. The van der Waals surface area contributed by atoms with E-state index in [4.69, 9.17) is 15.2 Å². The Morgan fingerprint density at radius 2 is 1.77 bits per heavy atom. The van der Waals surface area contributed by atoms with Gasteiger partial charge in [-0.25, -0.2) is 17.7 Å². The van der Waals surface area contributed by atoms with Crippen LogP contribution in [0.5, 0.6) is 11.8 Å². The predicted octanol–water partition coefficient (Wildman–Crippen LogP) is 0.307. The SMILES string of the molecule is COc1nc(N2CC3C(c4ccccc4)(C2)N=C(N)N(C)S3(=O)=O)nc(OC)c1F. The van der Waals surface area contributed by atoms with Gasteiger partial charge in [0.15, 0.2) is 0 Å². The number of methoxy groups -OCH3 is 2. The van der Waals surface area contributed by atoms with Gasteiger partial charge in [-0.15, -0.1) is 0 Å². The molecule has 0 bridgehead atoms. The van der Waals surface area contributed by atoms with E-state index in [1.807, 2.05) is 6.07 Å². The van der Waals surface area contributed by atoms with Gasteiger partial charge in [-0.1, -0.05) is 30.3 Å². The molecule has 1 saturated heterocycles. The van der Waals surface area contributed by atoms with E-state index in [2.05, 4.69) is 15.0 Å². The Bertz CT molecular complexity index is 1090. The molecule has 4 rings (SSSR count). The van der Waals surface area contributed by atoms with Gasteiger partial charge in [0.2, 0.25) is 27.7 Å². The van der Waals surface area contributed by atoms with E-state index in [1.54, 1.807) is 29.2 Å². The topological polar surface area (TPSA) is 123 Å². The summed E-state index contributed by atoms with van der Waals surface area (Å²) in [6, 6.07) is 9.06. The second kappa shape index (κ2) is 6.97. The summed E-state index contributed by atoms with van der Waals surface area (Å²) in [5.74, 6) is -1.48. The molecule has 1 aromatic carbocycles. The molecule has 1 aromatic heterocycles. The highest BCUT2D eigenvalue weighted by molar-refractivity contribution is 7.90. The molecule has 0 saturated carbocycles. The molecule has 2 aromatic rings. The first-order chi connectivity index (χ1) is 14.2. The molecule has 0 amide bonds. The number of nitrogens with two attached hydrogens (primary N) is 1. The first kappa shape index (κ1) is 20.1. The summed E-state index contributed by atoms with van der Waals surface area (Å²) >= 11 is 0. The molecule has 2 aliphatic heterocycles. The third-order valence-electron chi connectivity index (χ3n) is 5.45.